The maximum Gasteiger partial charge on any atom is 0.132 e. The van der Waals surface area contributed by atoms with Crippen molar-refractivity contribution in [2.45, 2.75) is 32.8 Å². The van der Waals surface area contributed by atoms with Crippen molar-refractivity contribution in [3.8, 4) is 5.75 Å². The molecule has 1 heterocycles. The summed E-state index contributed by atoms with van der Waals surface area (Å²) in [7, 11) is 0. The van der Waals surface area contributed by atoms with Crippen LogP contribution in [-0.4, -0.2) is 43.0 Å². The van der Waals surface area contributed by atoms with Crippen molar-refractivity contribution >= 4 is 0 Å². The molecule has 0 spiro atoms. The third kappa shape index (κ3) is 4.01. The predicted molar refractivity (Wildman–Crippen MR) is 74.5 cm³/mol. The van der Waals surface area contributed by atoms with Crippen LogP contribution in [0.1, 0.15) is 17.0 Å². The highest BCUT2D eigenvalue weighted by Gasteiger charge is 2.15. The molecule has 7 nitrogen and oxygen atoms in total. The molecule has 0 bridgehead atoms. The fourth-order valence-electron chi connectivity index (χ4n) is 1.84. The van der Waals surface area contributed by atoms with Crippen LogP contribution in [0.25, 0.3) is 0 Å². The predicted octanol–water partition coefficient (Wildman–Crippen LogP) is 0.0110. The van der Waals surface area contributed by atoms with Crippen molar-refractivity contribution in [3.63, 3.8) is 0 Å². The average molecular weight is 293 g/mol. The van der Waals surface area contributed by atoms with Crippen LogP contribution < -0.4 is 4.74 Å². The summed E-state index contributed by atoms with van der Waals surface area (Å²) in [5, 5.41) is 35.4. The molecule has 1 unspecified atom stereocenters. The van der Waals surface area contributed by atoms with Crippen LogP contribution in [0.4, 0.5) is 0 Å². The minimum atomic E-state index is -0.934. The smallest absolute Gasteiger partial charge is 0.132 e. The first-order valence-corrected chi connectivity index (χ1v) is 6.64. The quantitative estimate of drug-likeness (QED) is 0.665. The molecule has 0 saturated carbocycles. The zero-order chi connectivity index (χ0) is 15.2. The van der Waals surface area contributed by atoms with E-state index in [2.05, 4.69) is 10.3 Å². The Hall–Kier alpha value is -1.96. The van der Waals surface area contributed by atoms with Crippen molar-refractivity contribution in [1.29, 1.82) is 0 Å². The molecule has 7 heteroatoms. The molecular weight excluding hydrogens is 274 g/mol. The first kappa shape index (κ1) is 15.4. The van der Waals surface area contributed by atoms with E-state index < -0.39 is 6.10 Å². The molecule has 0 radical (unpaired) electrons. The Morgan fingerprint density at radius 2 is 1.95 bits per heavy atom. The summed E-state index contributed by atoms with van der Waals surface area (Å²) in [6.45, 7) is 1.62. The van der Waals surface area contributed by atoms with Crippen molar-refractivity contribution in [1.82, 2.24) is 15.0 Å². The molecule has 1 aromatic heterocycles. The largest absolute Gasteiger partial charge is 0.487 e. The maximum absolute atomic E-state index is 9.49. The van der Waals surface area contributed by atoms with Crippen LogP contribution in [0.5, 0.6) is 5.75 Å². The molecule has 0 aliphatic rings. The number of benzene rings is 1. The minimum absolute atomic E-state index is 0.0933. The number of aliphatic hydroxyl groups is 3. The summed E-state index contributed by atoms with van der Waals surface area (Å²) < 4.78 is 7.08. The molecule has 1 atom stereocenters. The third-order valence-electron chi connectivity index (χ3n) is 3.06. The number of hydrogen-bond acceptors (Lipinski definition) is 6. The Bertz CT molecular complexity index is 568. The van der Waals surface area contributed by atoms with Gasteiger partial charge in [0, 0.05) is 0 Å². The molecule has 2 rings (SSSR count). The van der Waals surface area contributed by atoms with Gasteiger partial charge in [-0.3, -0.25) is 0 Å². The standard InChI is InChI=1S/C14H19N3O4/c1-10-2-4-12(5-3-10)21-9-14-13(8-19)15-16-17(14)6-11(20)7-18/h2-5,11,18-20H,6-9H2,1H3. The molecule has 1 aromatic carbocycles. The highest BCUT2D eigenvalue weighted by Crippen LogP contribution is 2.15. The van der Waals surface area contributed by atoms with Gasteiger partial charge in [0.2, 0.25) is 0 Å². The molecule has 2 aromatic rings. The molecule has 0 saturated heterocycles. The van der Waals surface area contributed by atoms with Gasteiger partial charge in [-0.25, -0.2) is 4.68 Å². The summed E-state index contributed by atoms with van der Waals surface area (Å²) >= 11 is 0. The molecule has 3 N–H and O–H groups in total. The van der Waals surface area contributed by atoms with Gasteiger partial charge in [0.15, 0.2) is 0 Å². The Balaban J connectivity index is 2.10. The van der Waals surface area contributed by atoms with Crippen molar-refractivity contribution < 1.29 is 20.1 Å². The van der Waals surface area contributed by atoms with Gasteiger partial charge in [-0.05, 0) is 19.1 Å². The van der Waals surface area contributed by atoms with Gasteiger partial charge < -0.3 is 20.1 Å². The Kier molecular flexibility index (Phi) is 5.26. The van der Waals surface area contributed by atoms with Gasteiger partial charge in [-0.2, -0.15) is 0 Å². The summed E-state index contributed by atoms with van der Waals surface area (Å²) in [4.78, 5) is 0. The van der Waals surface area contributed by atoms with E-state index in [1.165, 1.54) is 4.68 Å². The Labute approximate surface area is 122 Å². The van der Waals surface area contributed by atoms with Gasteiger partial charge in [0.1, 0.15) is 23.7 Å². The maximum atomic E-state index is 9.49. The fraction of sp³-hybridized carbons (Fsp3) is 0.429. The van der Waals surface area contributed by atoms with Crippen LogP contribution in [0.15, 0.2) is 24.3 Å². The van der Waals surface area contributed by atoms with Crippen LogP contribution in [0.2, 0.25) is 0 Å². The third-order valence-corrected chi connectivity index (χ3v) is 3.06. The average Bonchev–Trinajstić information content (AvgIpc) is 2.88. The topological polar surface area (TPSA) is 101 Å². The second-order valence-electron chi connectivity index (χ2n) is 4.76. The normalized spacial score (nSPS) is 12.4. The Morgan fingerprint density at radius 1 is 1.24 bits per heavy atom. The number of hydrogen-bond donors (Lipinski definition) is 3. The second-order valence-corrected chi connectivity index (χ2v) is 4.76. The highest BCUT2D eigenvalue weighted by molar-refractivity contribution is 5.26. The summed E-state index contributed by atoms with van der Waals surface area (Å²) in [6, 6.07) is 7.58. The molecule has 0 aliphatic heterocycles. The van der Waals surface area contributed by atoms with E-state index in [4.69, 9.17) is 9.84 Å². The lowest BCUT2D eigenvalue weighted by Crippen LogP contribution is -2.22. The minimum Gasteiger partial charge on any atom is -0.487 e. The van der Waals surface area contributed by atoms with Gasteiger partial charge in [-0.1, -0.05) is 22.9 Å². The summed E-state index contributed by atoms with van der Waals surface area (Å²) in [5.74, 6) is 0.694. The van der Waals surface area contributed by atoms with E-state index in [1.807, 2.05) is 31.2 Å². The first-order chi connectivity index (χ1) is 10.1. The van der Waals surface area contributed by atoms with Gasteiger partial charge >= 0.3 is 0 Å². The molecule has 0 aliphatic carbocycles. The lowest BCUT2D eigenvalue weighted by molar-refractivity contribution is 0.0760. The number of aryl methyl sites for hydroxylation is 1. The van der Waals surface area contributed by atoms with Crippen LogP contribution >= 0.6 is 0 Å². The Morgan fingerprint density at radius 3 is 2.57 bits per heavy atom. The zero-order valence-corrected chi connectivity index (χ0v) is 11.8. The van der Waals surface area contributed by atoms with Crippen molar-refractivity contribution in [2.75, 3.05) is 6.61 Å². The van der Waals surface area contributed by atoms with E-state index in [-0.39, 0.29) is 26.4 Å². The monoisotopic (exact) mass is 293 g/mol. The first-order valence-electron chi connectivity index (χ1n) is 6.64. The SMILES string of the molecule is Cc1ccc(OCc2c(CO)nnn2CC(O)CO)cc1. The summed E-state index contributed by atoms with van der Waals surface area (Å²) in [6.07, 6.45) is -0.934. The summed E-state index contributed by atoms with van der Waals surface area (Å²) in [5.41, 5.74) is 2.11. The van der Waals surface area contributed by atoms with Crippen LogP contribution in [0.3, 0.4) is 0 Å². The number of aromatic nitrogens is 3. The van der Waals surface area contributed by atoms with E-state index >= 15 is 0 Å². The van der Waals surface area contributed by atoms with Crippen molar-refractivity contribution in [2.24, 2.45) is 0 Å². The number of nitrogens with zero attached hydrogens (tertiary/aromatic N) is 3. The van der Waals surface area contributed by atoms with Gasteiger partial charge in [0.05, 0.1) is 25.9 Å². The molecule has 21 heavy (non-hydrogen) atoms. The van der Waals surface area contributed by atoms with E-state index in [9.17, 15) is 10.2 Å². The lowest BCUT2D eigenvalue weighted by atomic mass is 10.2. The van der Waals surface area contributed by atoms with Gasteiger partial charge in [-0.15, -0.1) is 5.10 Å². The molecule has 0 amide bonds. The number of aliphatic hydroxyl groups excluding tert-OH is 3. The van der Waals surface area contributed by atoms with E-state index in [1.54, 1.807) is 0 Å². The number of rotatable bonds is 7. The second kappa shape index (κ2) is 7.16. The molecule has 114 valence electrons. The molecular formula is C14H19N3O4. The fourth-order valence-corrected chi connectivity index (χ4v) is 1.84. The van der Waals surface area contributed by atoms with Crippen LogP contribution in [0, 0.1) is 6.92 Å². The zero-order valence-electron chi connectivity index (χ0n) is 11.8. The lowest BCUT2D eigenvalue weighted by Gasteiger charge is -2.12. The number of ether oxygens (including phenoxy) is 1. The van der Waals surface area contributed by atoms with Gasteiger partial charge in [0.25, 0.3) is 0 Å². The molecule has 0 fully saturated rings. The van der Waals surface area contributed by atoms with E-state index in [0.717, 1.165) is 5.56 Å². The highest BCUT2D eigenvalue weighted by atomic mass is 16.5. The van der Waals surface area contributed by atoms with Crippen LogP contribution in [-0.2, 0) is 19.8 Å². The van der Waals surface area contributed by atoms with Crippen molar-refractivity contribution in [3.05, 3.63) is 41.2 Å². The van der Waals surface area contributed by atoms with E-state index in [0.29, 0.717) is 17.1 Å².